The number of esters is 1. The van der Waals surface area contributed by atoms with Gasteiger partial charge < -0.3 is 10.1 Å². The number of nitrogens with zero attached hydrogens (tertiary/aromatic N) is 2. The van der Waals surface area contributed by atoms with E-state index < -0.39 is 0 Å². The smallest absolute Gasteiger partial charge is 0.316 e. The minimum absolute atomic E-state index is 0.136. The quantitative estimate of drug-likeness (QED) is 0.499. The second kappa shape index (κ2) is 9.49. The Hall–Kier alpha value is -3.19. The Balaban J connectivity index is 1.45. The molecule has 1 N–H and O–H groups in total. The van der Waals surface area contributed by atoms with E-state index in [0.29, 0.717) is 16.4 Å². The van der Waals surface area contributed by atoms with Crippen molar-refractivity contribution in [3.8, 4) is 0 Å². The predicted octanol–water partition coefficient (Wildman–Crippen LogP) is 3.56. The summed E-state index contributed by atoms with van der Waals surface area (Å²) in [6.45, 7) is 0.246. The molecule has 3 aromatic rings. The fourth-order valence-electron chi connectivity index (χ4n) is 2.15. The first-order valence-corrected chi connectivity index (χ1v) is 9.22. The fraction of sp³-hybridized carbons (Fsp3) is 0.100. The molecule has 3 rings (SSSR count). The van der Waals surface area contributed by atoms with Crippen LogP contribution in [0.3, 0.4) is 0 Å². The predicted molar refractivity (Wildman–Crippen MR) is 103 cm³/mol. The van der Waals surface area contributed by atoms with Crippen molar-refractivity contribution in [2.75, 3.05) is 11.1 Å². The van der Waals surface area contributed by atoms with E-state index in [1.165, 1.54) is 11.8 Å². The summed E-state index contributed by atoms with van der Waals surface area (Å²) in [5, 5.41) is 11.2. The summed E-state index contributed by atoms with van der Waals surface area (Å²) in [7, 11) is 0. The first-order valence-electron chi connectivity index (χ1n) is 8.23. The summed E-state index contributed by atoms with van der Waals surface area (Å²) in [5.41, 5.74) is 1.48. The van der Waals surface area contributed by atoms with Gasteiger partial charge in [-0.1, -0.05) is 60.3 Å². The maximum absolute atomic E-state index is 12.1. The Bertz CT molecular complexity index is 887. The van der Waals surface area contributed by atoms with Crippen LogP contribution in [0.1, 0.15) is 15.9 Å². The Labute approximate surface area is 161 Å². The van der Waals surface area contributed by atoms with E-state index in [-0.39, 0.29) is 24.2 Å². The van der Waals surface area contributed by atoms with Crippen molar-refractivity contribution in [3.05, 3.63) is 83.9 Å². The van der Waals surface area contributed by atoms with Crippen molar-refractivity contribution in [1.29, 1.82) is 0 Å². The first-order chi connectivity index (χ1) is 13.2. The zero-order valence-electron chi connectivity index (χ0n) is 14.4. The molecule has 0 aliphatic heterocycles. The highest BCUT2D eigenvalue weighted by Gasteiger charge is 2.09. The number of aromatic nitrogens is 2. The number of ether oxygens (including phenoxy) is 1. The van der Waals surface area contributed by atoms with Crippen LogP contribution in [0.2, 0.25) is 0 Å². The molecule has 0 aliphatic carbocycles. The van der Waals surface area contributed by atoms with Gasteiger partial charge in [0.15, 0.2) is 5.82 Å². The second-order valence-corrected chi connectivity index (χ2v) is 6.51. The van der Waals surface area contributed by atoms with Gasteiger partial charge in [0.2, 0.25) is 0 Å². The third-order valence-electron chi connectivity index (χ3n) is 3.50. The Morgan fingerprint density at radius 3 is 2.26 bits per heavy atom. The maximum atomic E-state index is 12.1. The van der Waals surface area contributed by atoms with E-state index in [2.05, 4.69) is 15.5 Å². The molecule has 0 bridgehead atoms. The molecular formula is C20H17N3O3S. The SMILES string of the molecule is O=C(CSc1ccc(NC(=O)c2ccccc2)nn1)OCc1ccccc1. The van der Waals surface area contributed by atoms with Crippen LogP contribution in [0.4, 0.5) is 5.82 Å². The molecule has 27 heavy (non-hydrogen) atoms. The topological polar surface area (TPSA) is 81.2 Å². The van der Waals surface area contributed by atoms with Crippen LogP contribution in [0.25, 0.3) is 0 Å². The average Bonchev–Trinajstić information content (AvgIpc) is 2.73. The summed E-state index contributed by atoms with van der Waals surface area (Å²) in [6, 6.07) is 21.7. The van der Waals surface area contributed by atoms with Crippen LogP contribution < -0.4 is 5.32 Å². The molecule has 1 heterocycles. The third kappa shape index (κ3) is 5.93. The standard InChI is InChI=1S/C20H17N3O3S/c24-19(26-13-15-7-3-1-4-8-15)14-27-18-12-11-17(22-23-18)21-20(25)16-9-5-2-6-10-16/h1-12H,13-14H2,(H,21,22,25). The van der Waals surface area contributed by atoms with Crippen LogP contribution in [-0.4, -0.2) is 27.8 Å². The highest BCUT2D eigenvalue weighted by atomic mass is 32.2. The summed E-state index contributed by atoms with van der Waals surface area (Å²) in [6.07, 6.45) is 0. The molecule has 0 saturated carbocycles. The lowest BCUT2D eigenvalue weighted by Crippen LogP contribution is -2.13. The van der Waals surface area contributed by atoms with Gasteiger partial charge in [-0.3, -0.25) is 9.59 Å². The first kappa shape index (κ1) is 18.6. The van der Waals surface area contributed by atoms with E-state index >= 15 is 0 Å². The summed E-state index contributed by atoms with van der Waals surface area (Å²) >= 11 is 1.23. The molecule has 0 saturated heterocycles. The van der Waals surface area contributed by atoms with E-state index in [9.17, 15) is 9.59 Å². The van der Waals surface area contributed by atoms with Crippen molar-refractivity contribution in [1.82, 2.24) is 10.2 Å². The molecule has 0 unspecified atom stereocenters. The molecule has 1 aromatic heterocycles. The number of carbonyl (C=O) groups excluding carboxylic acids is 2. The minimum atomic E-state index is -0.327. The Morgan fingerprint density at radius 2 is 1.59 bits per heavy atom. The van der Waals surface area contributed by atoms with Crippen LogP contribution >= 0.6 is 11.8 Å². The number of carbonyl (C=O) groups is 2. The van der Waals surface area contributed by atoms with Gasteiger partial charge in [-0.2, -0.15) is 0 Å². The van der Waals surface area contributed by atoms with Crippen LogP contribution in [0.5, 0.6) is 0 Å². The number of hydrogen-bond acceptors (Lipinski definition) is 6. The van der Waals surface area contributed by atoms with Gasteiger partial charge in [-0.05, 0) is 29.8 Å². The van der Waals surface area contributed by atoms with Gasteiger partial charge in [-0.15, -0.1) is 10.2 Å². The number of rotatable bonds is 7. The average molecular weight is 379 g/mol. The highest BCUT2D eigenvalue weighted by molar-refractivity contribution is 7.99. The van der Waals surface area contributed by atoms with Crippen molar-refractivity contribution in [3.63, 3.8) is 0 Å². The third-order valence-corrected chi connectivity index (χ3v) is 4.39. The van der Waals surface area contributed by atoms with Crippen molar-refractivity contribution in [2.45, 2.75) is 11.6 Å². The molecule has 1 amide bonds. The Morgan fingerprint density at radius 1 is 0.889 bits per heavy atom. The number of thioether (sulfide) groups is 1. The molecule has 0 spiro atoms. The lowest BCUT2D eigenvalue weighted by Gasteiger charge is -2.06. The van der Waals surface area contributed by atoms with E-state index in [0.717, 1.165) is 5.56 Å². The molecule has 2 aromatic carbocycles. The molecule has 0 fully saturated rings. The zero-order valence-corrected chi connectivity index (χ0v) is 15.2. The highest BCUT2D eigenvalue weighted by Crippen LogP contribution is 2.16. The van der Waals surface area contributed by atoms with E-state index in [1.54, 1.807) is 36.4 Å². The van der Waals surface area contributed by atoms with Gasteiger partial charge in [-0.25, -0.2) is 0 Å². The molecule has 136 valence electrons. The number of benzene rings is 2. The summed E-state index contributed by atoms with van der Waals surface area (Å²) in [4.78, 5) is 23.9. The Kier molecular flexibility index (Phi) is 6.54. The van der Waals surface area contributed by atoms with E-state index in [4.69, 9.17) is 4.74 Å². The molecule has 0 aliphatic rings. The molecule has 7 heteroatoms. The number of amides is 1. The maximum Gasteiger partial charge on any atom is 0.316 e. The fourth-order valence-corrected chi connectivity index (χ4v) is 2.77. The molecular weight excluding hydrogens is 362 g/mol. The van der Waals surface area contributed by atoms with Crippen molar-refractivity contribution < 1.29 is 14.3 Å². The molecule has 0 atom stereocenters. The normalized spacial score (nSPS) is 10.2. The molecule has 0 radical (unpaired) electrons. The van der Waals surface area contributed by atoms with Crippen molar-refractivity contribution in [2.24, 2.45) is 0 Å². The van der Waals surface area contributed by atoms with Gasteiger partial charge in [0, 0.05) is 5.56 Å². The summed E-state index contributed by atoms with van der Waals surface area (Å²) < 4.78 is 5.21. The zero-order chi connectivity index (χ0) is 18.9. The van der Waals surface area contributed by atoms with Crippen LogP contribution in [0.15, 0.2) is 77.8 Å². The lowest BCUT2D eigenvalue weighted by atomic mass is 10.2. The lowest BCUT2D eigenvalue weighted by molar-refractivity contribution is -0.141. The second-order valence-electron chi connectivity index (χ2n) is 5.51. The number of anilines is 1. The number of nitrogens with one attached hydrogen (secondary N) is 1. The van der Waals surface area contributed by atoms with Crippen LogP contribution in [-0.2, 0) is 16.1 Å². The van der Waals surface area contributed by atoms with Gasteiger partial charge in [0.1, 0.15) is 11.6 Å². The monoisotopic (exact) mass is 379 g/mol. The van der Waals surface area contributed by atoms with Crippen molar-refractivity contribution >= 4 is 29.5 Å². The van der Waals surface area contributed by atoms with E-state index in [1.807, 2.05) is 36.4 Å². The van der Waals surface area contributed by atoms with Gasteiger partial charge in [0.05, 0.1) is 5.75 Å². The molecule has 6 nitrogen and oxygen atoms in total. The largest absolute Gasteiger partial charge is 0.460 e. The summed E-state index contributed by atoms with van der Waals surface area (Å²) in [5.74, 6) is -0.0983. The van der Waals surface area contributed by atoms with Crippen LogP contribution in [0, 0.1) is 0 Å². The number of hydrogen-bond donors (Lipinski definition) is 1. The van der Waals surface area contributed by atoms with Gasteiger partial charge in [0.25, 0.3) is 5.91 Å². The van der Waals surface area contributed by atoms with Gasteiger partial charge >= 0.3 is 5.97 Å². The minimum Gasteiger partial charge on any atom is -0.460 e.